The molecule has 3 rings (SSSR count). The van der Waals surface area contributed by atoms with Crippen LogP contribution >= 0.6 is 0 Å². The molecule has 1 heterocycles. The third-order valence-corrected chi connectivity index (χ3v) is 7.77. The number of nitrogens with zero attached hydrogens (tertiary/aromatic N) is 2. The number of nitrogens with one attached hydrogen (secondary N) is 1. The summed E-state index contributed by atoms with van der Waals surface area (Å²) in [6, 6.07) is 10.3. The highest BCUT2D eigenvalue weighted by Gasteiger charge is 2.31. The molecule has 1 aliphatic heterocycles. The molecule has 1 N–H and O–H groups in total. The Balaban J connectivity index is 1.65. The fraction of sp³-hybridized carbons (Fsp3) is 0.435. The molecule has 2 aromatic rings. The van der Waals surface area contributed by atoms with Crippen molar-refractivity contribution >= 4 is 16.1 Å². The van der Waals surface area contributed by atoms with Crippen LogP contribution in [0.4, 0.5) is 4.79 Å². The van der Waals surface area contributed by atoms with Crippen molar-refractivity contribution in [3.8, 4) is 11.5 Å². The van der Waals surface area contributed by atoms with Gasteiger partial charge in [0.1, 0.15) is 11.5 Å². The molecule has 8 nitrogen and oxygen atoms in total. The number of urea groups is 1. The first kappa shape index (κ1) is 23.9. The summed E-state index contributed by atoms with van der Waals surface area (Å²) in [6.45, 7) is 6.68. The van der Waals surface area contributed by atoms with E-state index >= 15 is 0 Å². The van der Waals surface area contributed by atoms with E-state index in [1.54, 1.807) is 44.2 Å². The number of piperazine rings is 1. The summed E-state index contributed by atoms with van der Waals surface area (Å²) in [6.07, 6.45) is 0. The zero-order chi connectivity index (χ0) is 23.5. The second-order valence-electron chi connectivity index (χ2n) is 7.94. The summed E-state index contributed by atoms with van der Waals surface area (Å²) in [5.41, 5.74) is 2.42. The Morgan fingerprint density at radius 2 is 1.69 bits per heavy atom. The van der Waals surface area contributed by atoms with E-state index in [0.717, 1.165) is 16.7 Å². The lowest BCUT2D eigenvalue weighted by molar-refractivity contribution is 0.169. The molecule has 1 atom stereocenters. The smallest absolute Gasteiger partial charge is 0.317 e. The van der Waals surface area contributed by atoms with Crippen LogP contribution in [-0.2, 0) is 10.0 Å². The number of amides is 2. The van der Waals surface area contributed by atoms with Crippen LogP contribution in [0.3, 0.4) is 0 Å². The van der Waals surface area contributed by atoms with E-state index < -0.39 is 10.0 Å². The largest absolute Gasteiger partial charge is 0.497 e. The van der Waals surface area contributed by atoms with E-state index in [2.05, 4.69) is 5.32 Å². The summed E-state index contributed by atoms with van der Waals surface area (Å²) in [4.78, 5) is 14.8. The van der Waals surface area contributed by atoms with Crippen LogP contribution in [0.25, 0.3) is 0 Å². The highest BCUT2D eigenvalue weighted by Crippen LogP contribution is 2.29. The van der Waals surface area contributed by atoms with Gasteiger partial charge in [0.25, 0.3) is 0 Å². The maximum absolute atomic E-state index is 13.1. The number of carbonyl (C=O) groups excluding carboxylic acids is 1. The molecule has 32 heavy (non-hydrogen) atoms. The van der Waals surface area contributed by atoms with Crippen LogP contribution in [0, 0.1) is 13.8 Å². The summed E-state index contributed by atoms with van der Waals surface area (Å²) in [5.74, 6) is 1.33. The summed E-state index contributed by atoms with van der Waals surface area (Å²) in [5, 5.41) is 2.98. The Kier molecular flexibility index (Phi) is 7.30. The molecular formula is C23H31N3O5S. The van der Waals surface area contributed by atoms with Crippen molar-refractivity contribution in [1.29, 1.82) is 0 Å². The van der Waals surface area contributed by atoms with Crippen LogP contribution in [0.2, 0.25) is 0 Å². The Morgan fingerprint density at radius 3 is 2.31 bits per heavy atom. The Labute approximate surface area is 190 Å². The quantitative estimate of drug-likeness (QED) is 0.714. The van der Waals surface area contributed by atoms with Crippen molar-refractivity contribution in [2.75, 3.05) is 40.4 Å². The molecular weight excluding hydrogens is 430 g/mol. The van der Waals surface area contributed by atoms with Gasteiger partial charge in [-0.25, -0.2) is 13.2 Å². The molecule has 9 heteroatoms. The van der Waals surface area contributed by atoms with E-state index in [1.807, 2.05) is 32.0 Å². The second kappa shape index (κ2) is 9.79. The van der Waals surface area contributed by atoms with Gasteiger partial charge in [-0.2, -0.15) is 4.31 Å². The first-order chi connectivity index (χ1) is 15.2. The molecule has 0 spiro atoms. The van der Waals surface area contributed by atoms with E-state index in [0.29, 0.717) is 29.5 Å². The van der Waals surface area contributed by atoms with Crippen LogP contribution in [-0.4, -0.2) is 64.1 Å². The topological polar surface area (TPSA) is 88.2 Å². The van der Waals surface area contributed by atoms with Gasteiger partial charge < -0.3 is 19.7 Å². The van der Waals surface area contributed by atoms with Gasteiger partial charge in [0.15, 0.2) is 0 Å². The first-order valence-corrected chi connectivity index (χ1v) is 12.0. The van der Waals surface area contributed by atoms with Gasteiger partial charge in [0, 0.05) is 31.7 Å². The Bertz CT molecular complexity index is 1080. The lowest BCUT2D eigenvalue weighted by Gasteiger charge is -2.35. The molecule has 0 bridgehead atoms. The maximum atomic E-state index is 13.1. The number of benzene rings is 2. The van der Waals surface area contributed by atoms with Crippen molar-refractivity contribution in [1.82, 2.24) is 14.5 Å². The number of ether oxygens (including phenoxy) is 2. The van der Waals surface area contributed by atoms with Crippen LogP contribution in [0.1, 0.15) is 29.7 Å². The number of hydrogen-bond acceptors (Lipinski definition) is 5. The van der Waals surface area contributed by atoms with Gasteiger partial charge in [-0.05, 0) is 56.2 Å². The predicted molar refractivity (Wildman–Crippen MR) is 123 cm³/mol. The minimum Gasteiger partial charge on any atom is -0.497 e. The van der Waals surface area contributed by atoms with E-state index in [4.69, 9.17) is 9.47 Å². The van der Waals surface area contributed by atoms with Crippen LogP contribution < -0.4 is 14.8 Å². The average Bonchev–Trinajstić information content (AvgIpc) is 2.80. The van der Waals surface area contributed by atoms with Gasteiger partial charge >= 0.3 is 6.03 Å². The fourth-order valence-corrected chi connectivity index (χ4v) is 5.52. The molecule has 0 aromatic heterocycles. The monoisotopic (exact) mass is 461 g/mol. The predicted octanol–water partition coefficient (Wildman–Crippen LogP) is 3.10. The van der Waals surface area contributed by atoms with E-state index in [-0.39, 0.29) is 25.2 Å². The summed E-state index contributed by atoms with van der Waals surface area (Å²) < 4.78 is 38.4. The fourth-order valence-electron chi connectivity index (χ4n) is 3.79. The van der Waals surface area contributed by atoms with E-state index in [1.165, 1.54) is 4.31 Å². The SMILES string of the molecule is COc1ccc(OC)c(C(C)NC(=O)N2CCN(S(=O)(=O)c3cc(C)ccc3C)CC2)c1. The zero-order valence-electron chi connectivity index (χ0n) is 19.2. The average molecular weight is 462 g/mol. The minimum absolute atomic E-state index is 0.244. The lowest BCUT2D eigenvalue weighted by atomic mass is 10.1. The third-order valence-electron chi connectivity index (χ3n) is 5.73. The standard InChI is InChI=1S/C23H31N3O5S/c1-16-6-7-17(2)22(14-16)32(28,29)26-12-10-25(11-13-26)23(27)24-18(3)20-15-19(30-4)8-9-21(20)31-5/h6-9,14-15,18H,10-13H2,1-5H3,(H,24,27). The Hall–Kier alpha value is -2.78. The minimum atomic E-state index is -3.60. The second-order valence-corrected chi connectivity index (χ2v) is 9.85. The van der Waals surface area contributed by atoms with Gasteiger partial charge in [-0.3, -0.25) is 0 Å². The molecule has 1 unspecified atom stereocenters. The van der Waals surface area contributed by atoms with Crippen LogP contribution in [0.15, 0.2) is 41.3 Å². The number of aryl methyl sites for hydroxylation is 2. The number of methoxy groups -OCH3 is 2. The number of rotatable bonds is 6. The van der Waals surface area contributed by atoms with Crippen molar-refractivity contribution in [3.63, 3.8) is 0 Å². The molecule has 1 fully saturated rings. The molecule has 2 amide bonds. The number of carbonyl (C=O) groups is 1. The summed E-state index contributed by atoms with van der Waals surface area (Å²) in [7, 11) is -0.440. The molecule has 1 aliphatic rings. The molecule has 0 saturated carbocycles. The highest BCUT2D eigenvalue weighted by atomic mass is 32.2. The maximum Gasteiger partial charge on any atom is 0.317 e. The highest BCUT2D eigenvalue weighted by molar-refractivity contribution is 7.89. The van der Waals surface area contributed by atoms with Crippen LogP contribution in [0.5, 0.6) is 11.5 Å². The van der Waals surface area contributed by atoms with Crippen molar-refractivity contribution in [3.05, 3.63) is 53.1 Å². The normalized spacial score (nSPS) is 15.8. The number of hydrogen-bond donors (Lipinski definition) is 1. The third kappa shape index (κ3) is 4.99. The molecule has 0 aliphatic carbocycles. The summed E-state index contributed by atoms with van der Waals surface area (Å²) >= 11 is 0. The molecule has 1 saturated heterocycles. The first-order valence-electron chi connectivity index (χ1n) is 10.5. The molecule has 0 radical (unpaired) electrons. The van der Waals surface area contributed by atoms with Crippen molar-refractivity contribution in [2.45, 2.75) is 31.7 Å². The molecule has 174 valence electrons. The zero-order valence-corrected chi connectivity index (χ0v) is 20.0. The van der Waals surface area contributed by atoms with Crippen molar-refractivity contribution < 1.29 is 22.7 Å². The van der Waals surface area contributed by atoms with Gasteiger partial charge in [-0.1, -0.05) is 12.1 Å². The van der Waals surface area contributed by atoms with Gasteiger partial charge in [-0.15, -0.1) is 0 Å². The van der Waals surface area contributed by atoms with Crippen molar-refractivity contribution in [2.24, 2.45) is 0 Å². The number of sulfonamides is 1. The van der Waals surface area contributed by atoms with E-state index in [9.17, 15) is 13.2 Å². The lowest BCUT2D eigenvalue weighted by Crippen LogP contribution is -2.53. The van der Waals surface area contributed by atoms with Gasteiger partial charge in [0.05, 0.1) is 25.2 Å². The Morgan fingerprint density at radius 1 is 1.00 bits per heavy atom. The molecule has 2 aromatic carbocycles. The van der Waals surface area contributed by atoms with Gasteiger partial charge in [0.2, 0.25) is 10.0 Å².